The molecule has 1 atom stereocenters. The second-order valence-corrected chi connectivity index (χ2v) is 4.09. The molecular formula is C11H22N2O3. The third kappa shape index (κ3) is 5.70. The molecule has 0 aliphatic rings. The summed E-state index contributed by atoms with van der Waals surface area (Å²) in [7, 11) is 0. The van der Waals surface area contributed by atoms with Crippen LogP contribution in [0, 0.1) is 0 Å². The minimum atomic E-state index is -0.385. The molecule has 0 saturated heterocycles. The molecule has 0 rings (SSSR count). The van der Waals surface area contributed by atoms with Crippen LogP contribution >= 0.6 is 0 Å². The summed E-state index contributed by atoms with van der Waals surface area (Å²) in [5, 5.41) is 0. The maximum Gasteiger partial charge on any atom is 0.307 e. The number of hydrogen-bond acceptors (Lipinski definition) is 4. The van der Waals surface area contributed by atoms with Crippen molar-refractivity contribution < 1.29 is 14.3 Å². The van der Waals surface area contributed by atoms with Crippen molar-refractivity contribution in [3.05, 3.63) is 0 Å². The summed E-state index contributed by atoms with van der Waals surface area (Å²) in [5.74, 6) is -0.630. The van der Waals surface area contributed by atoms with Crippen molar-refractivity contribution in [1.82, 2.24) is 4.90 Å². The van der Waals surface area contributed by atoms with Gasteiger partial charge >= 0.3 is 5.97 Å². The summed E-state index contributed by atoms with van der Waals surface area (Å²) in [6.07, 6.45) is 0.277. The summed E-state index contributed by atoms with van der Waals surface area (Å²) < 4.78 is 4.87. The van der Waals surface area contributed by atoms with Gasteiger partial charge in [0, 0.05) is 12.1 Å². The maximum atomic E-state index is 11.3. The second-order valence-electron chi connectivity index (χ2n) is 4.09. The van der Waals surface area contributed by atoms with Crippen molar-refractivity contribution in [1.29, 1.82) is 0 Å². The van der Waals surface area contributed by atoms with E-state index in [2.05, 4.69) is 0 Å². The standard InChI is InChI=1S/C11H22N2O3/c1-5-16-11(15)6-9(4)13(8(2)3)7-10(12)14/h8-9H,5-7H2,1-4H3,(H2,12,14). The Kier molecular flexibility index (Phi) is 6.72. The Morgan fingerprint density at radius 3 is 2.25 bits per heavy atom. The van der Waals surface area contributed by atoms with E-state index in [0.29, 0.717) is 6.61 Å². The molecule has 16 heavy (non-hydrogen) atoms. The molecule has 0 aromatic heterocycles. The first-order valence-electron chi connectivity index (χ1n) is 5.58. The van der Waals surface area contributed by atoms with Gasteiger partial charge in [0.25, 0.3) is 0 Å². The Bertz CT molecular complexity index is 241. The van der Waals surface area contributed by atoms with E-state index in [4.69, 9.17) is 10.5 Å². The number of rotatable bonds is 7. The molecule has 1 unspecified atom stereocenters. The Morgan fingerprint density at radius 1 is 1.31 bits per heavy atom. The van der Waals surface area contributed by atoms with Gasteiger partial charge in [0.2, 0.25) is 5.91 Å². The monoisotopic (exact) mass is 230 g/mol. The number of carbonyl (C=O) groups is 2. The normalized spacial score (nSPS) is 12.9. The van der Waals surface area contributed by atoms with Crippen molar-refractivity contribution >= 4 is 11.9 Å². The van der Waals surface area contributed by atoms with Crippen LogP contribution in [0.15, 0.2) is 0 Å². The summed E-state index contributed by atoms with van der Waals surface area (Å²) in [6, 6.07) is 0.114. The van der Waals surface area contributed by atoms with E-state index in [1.807, 2.05) is 25.7 Å². The Morgan fingerprint density at radius 2 is 1.88 bits per heavy atom. The van der Waals surface area contributed by atoms with Gasteiger partial charge in [-0.25, -0.2) is 0 Å². The van der Waals surface area contributed by atoms with Gasteiger partial charge in [0.15, 0.2) is 0 Å². The molecule has 0 heterocycles. The lowest BCUT2D eigenvalue weighted by Gasteiger charge is -2.30. The average molecular weight is 230 g/mol. The Hall–Kier alpha value is -1.10. The van der Waals surface area contributed by atoms with E-state index in [1.165, 1.54) is 0 Å². The summed E-state index contributed by atoms with van der Waals surface area (Å²) in [4.78, 5) is 24.1. The number of primary amides is 1. The molecule has 0 saturated carbocycles. The highest BCUT2D eigenvalue weighted by atomic mass is 16.5. The zero-order valence-corrected chi connectivity index (χ0v) is 10.5. The second kappa shape index (κ2) is 7.22. The first-order chi connectivity index (χ1) is 7.38. The van der Waals surface area contributed by atoms with Gasteiger partial charge < -0.3 is 10.5 Å². The van der Waals surface area contributed by atoms with Crippen LogP contribution in [0.2, 0.25) is 0 Å². The van der Waals surface area contributed by atoms with Crippen molar-refractivity contribution in [3.63, 3.8) is 0 Å². The van der Waals surface area contributed by atoms with Crippen LogP contribution in [-0.2, 0) is 14.3 Å². The SMILES string of the molecule is CCOC(=O)CC(C)N(CC(N)=O)C(C)C. The molecular weight excluding hydrogens is 208 g/mol. The highest BCUT2D eigenvalue weighted by Crippen LogP contribution is 2.09. The third-order valence-corrected chi connectivity index (χ3v) is 2.34. The first-order valence-corrected chi connectivity index (χ1v) is 5.58. The fourth-order valence-corrected chi connectivity index (χ4v) is 1.61. The van der Waals surface area contributed by atoms with Gasteiger partial charge in [0.1, 0.15) is 0 Å². The molecule has 0 aromatic carbocycles. The highest BCUT2D eigenvalue weighted by molar-refractivity contribution is 5.76. The maximum absolute atomic E-state index is 11.3. The van der Waals surface area contributed by atoms with Crippen molar-refractivity contribution in [2.24, 2.45) is 5.73 Å². The van der Waals surface area contributed by atoms with E-state index < -0.39 is 0 Å². The molecule has 1 amide bonds. The van der Waals surface area contributed by atoms with Gasteiger partial charge in [-0.1, -0.05) is 0 Å². The quantitative estimate of drug-likeness (QED) is 0.647. The molecule has 2 N–H and O–H groups in total. The van der Waals surface area contributed by atoms with Crippen molar-refractivity contribution in [3.8, 4) is 0 Å². The highest BCUT2D eigenvalue weighted by Gasteiger charge is 2.21. The van der Waals surface area contributed by atoms with E-state index >= 15 is 0 Å². The van der Waals surface area contributed by atoms with Crippen molar-refractivity contribution in [2.45, 2.75) is 46.2 Å². The fourth-order valence-electron chi connectivity index (χ4n) is 1.61. The predicted octanol–water partition coefficient (Wildman–Crippen LogP) is 0.524. The van der Waals surface area contributed by atoms with Crippen LogP contribution in [0.25, 0.3) is 0 Å². The predicted molar refractivity (Wildman–Crippen MR) is 61.7 cm³/mol. The molecule has 0 fully saturated rings. The van der Waals surface area contributed by atoms with Crippen molar-refractivity contribution in [2.75, 3.05) is 13.2 Å². The minimum Gasteiger partial charge on any atom is -0.466 e. The number of ether oxygens (including phenoxy) is 1. The molecule has 0 spiro atoms. The van der Waals surface area contributed by atoms with E-state index in [9.17, 15) is 9.59 Å². The minimum absolute atomic E-state index is 0.0495. The average Bonchev–Trinajstić information content (AvgIpc) is 2.13. The van der Waals surface area contributed by atoms with Gasteiger partial charge in [0.05, 0.1) is 19.6 Å². The molecule has 0 bridgehead atoms. The number of esters is 1. The molecule has 0 aliphatic heterocycles. The first kappa shape index (κ1) is 14.9. The van der Waals surface area contributed by atoms with E-state index in [1.54, 1.807) is 6.92 Å². The largest absolute Gasteiger partial charge is 0.466 e. The van der Waals surface area contributed by atoms with E-state index in [0.717, 1.165) is 0 Å². The zero-order chi connectivity index (χ0) is 12.7. The van der Waals surface area contributed by atoms with Crippen LogP contribution in [0.1, 0.15) is 34.1 Å². The van der Waals surface area contributed by atoms with E-state index in [-0.39, 0.29) is 36.9 Å². The fraction of sp³-hybridized carbons (Fsp3) is 0.818. The van der Waals surface area contributed by atoms with Gasteiger partial charge in [-0.2, -0.15) is 0 Å². The summed E-state index contributed by atoms with van der Waals surface area (Å²) >= 11 is 0. The summed E-state index contributed by atoms with van der Waals surface area (Å²) in [5.41, 5.74) is 5.16. The summed E-state index contributed by atoms with van der Waals surface area (Å²) in [6.45, 7) is 8.13. The zero-order valence-electron chi connectivity index (χ0n) is 10.5. The van der Waals surface area contributed by atoms with Crippen LogP contribution in [0.3, 0.4) is 0 Å². The lowest BCUT2D eigenvalue weighted by atomic mass is 10.1. The molecule has 94 valence electrons. The van der Waals surface area contributed by atoms with Crippen LogP contribution in [0.4, 0.5) is 0 Å². The number of hydrogen-bond donors (Lipinski definition) is 1. The van der Waals surface area contributed by atoms with Crippen LogP contribution < -0.4 is 5.73 Å². The topological polar surface area (TPSA) is 72.6 Å². The van der Waals surface area contributed by atoms with Crippen LogP contribution in [-0.4, -0.2) is 42.0 Å². The smallest absolute Gasteiger partial charge is 0.307 e. The lowest BCUT2D eigenvalue weighted by Crippen LogP contribution is -2.45. The van der Waals surface area contributed by atoms with Gasteiger partial charge in [-0.15, -0.1) is 0 Å². The molecule has 5 heteroatoms. The molecule has 5 nitrogen and oxygen atoms in total. The number of carbonyl (C=O) groups excluding carboxylic acids is 2. The Balaban J connectivity index is 4.32. The number of amides is 1. The number of nitrogens with zero attached hydrogens (tertiary/aromatic N) is 1. The van der Waals surface area contributed by atoms with Gasteiger partial charge in [-0.3, -0.25) is 14.5 Å². The van der Waals surface area contributed by atoms with Crippen LogP contribution in [0.5, 0.6) is 0 Å². The molecule has 0 aliphatic carbocycles. The number of nitrogens with two attached hydrogens (primary N) is 1. The lowest BCUT2D eigenvalue weighted by molar-refractivity contribution is -0.145. The van der Waals surface area contributed by atoms with Gasteiger partial charge in [-0.05, 0) is 27.7 Å². The third-order valence-electron chi connectivity index (χ3n) is 2.34. The Labute approximate surface area is 96.9 Å². The molecule has 0 radical (unpaired) electrons. The molecule has 0 aromatic rings.